The highest BCUT2D eigenvalue weighted by atomic mass is 32.2. The van der Waals surface area contributed by atoms with Gasteiger partial charge in [-0.15, -0.1) is 11.8 Å². The van der Waals surface area contributed by atoms with Crippen molar-refractivity contribution in [2.45, 2.75) is 37.7 Å². The molecule has 5 nitrogen and oxygen atoms in total. The SMILES string of the molecule is CC(C)(C)OC(=O)N1C[C@H]2NC(=O)CS[C@@H]2C1. The van der Waals surface area contributed by atoms with Crippen molar-refractivity contribution < 1.29 is 14.3 Å². The molecule has 2 amide bonds. The number of fused-ring (bicyclic) bond motifs is 1. The zero-order chi connectivity index (χ0) is 12.6. The Hall–Kier alpha value is -0.910. The lowest BCUT2D eigenvalue weighted by atomic mass is 10.2. The molecule has 0 unspecified atom stereocenters. The minimum Gasteiger partial charge on any atom is -0.444 e. The van der Waals surface area contributed by atoms with Crippen LogP contribution in [0.2, 0.25) is 0 Å². The first-order valence-electron chi connectivity index (χ1n) is 5.74. The molecule has 2 atom stereocenters. The van der Waals surface area contributed by atoms with E-state index in [9.17, 15) is 9.59 Å². The van der Waals surface area contributed by atoms with Gasteiger partial charge in [0, 0.05) is 18.3 Å². The van der Waals surface area contributed by atoms with Crippen molar-refractivity contribution in [3.8, 4) is 0 Å². The van der Waals surface area contributed by atoms with E-state index in [2.05, 4.69) is 5.32 Å². The van der Waals surface area contributed by atoms with Gasteiger partial charge in [-0.05, 0) is 20.8 Å². The fourth-order valence-electron chi connectivity index (χ4n) is 1.99. The summed E-state index contributed by atoms with van der Waals surface area (Å²) >= 11 is 1.62. The number of ether oxygens (including phenoxy) is 1. The Morgan fingerprint density at radius 2 is 2.18 bits per heavy atom. The molecular weight excluding hydrogens is 240 g/mol. The van der Waals surface area contributed by atoms with Crippen LogP contribution in [0.15, 0.2) is 0 Å². The Morgan fingerprint density at radius 3 is 2.82 bits per heavy atom. The van der Waals surface area contributed by atoms with Crippen LogP contribution in [-0.4, -0.2) is 52.6 Å². The number of likely N-dealkylation sites (tertiary alicyclic amines) is 1. The van der Waals surface area contributed by atoms with Crippen molar-refractivity contribution >= 4 is 23.8 Å². The van der Waals surface area contributed by atoms with Crippen LogP contribution in [0.5, 0.6) is 0 Å². The van der Waals surface area contributed by atoms with Gasteiger partial charge in [-0.3, -0.25) is 4.79 Å². The summed E-state index contributed by atoms with van der Waals surface area (Å²) in [5.74, 6) is 0.547. The molecule has 2 saturated heterocycles. The van der Waals surface area contributed by atoms with Crippen LogP contribution in [-0.2, 0) is 9.53 Å². The quantitative estimate of drug-likeness (QED) is 0.699. The van der Waals surface area contributed by atoms with Gasteiger partial charge < -0.3 is 15.0 Å². The monoisotopic (exact) mass is 258 g/mol. The molecular formula is C11H18N2O3S. The molecule has 2 aliphatic rings. The molecule has 0 aromatic rings. The van der Waals surface area contributed by atoms with Crippen LogP contribution < -0.4 is 5.32 Å². The van der Waals surface area contributed by atoms with E-state index < -0.39 is 5.60 Å². The lowest BCUT2D eigenvalue weighted by Gasteiger charge is -2.24. The maximum Gasteiger partial charge on any atom is 0.410 e. The molecule has 0 bridgehead atoms. The number of nitrogens with one attached hydrogen (secondary N) is 1. The molecule has 0 saturated carbocycles. The number of carbonyl (C=O) groups is 2. The van der Waals surface area contributed by atoms with Gasteiger partial charge in [0.15, 0.2) is 0 Å². The summed E-state index contributed by atoms with van der Waals surface area (Å²) in [6, 6.07) is 0.0776. The Balaban J connectivity index is 1.93. The first-order chi connectivity index (χ1) is 7.85. The summed E-state index contributed by atoms with van der Waals surface area (Å²) in [7, 11) is 0. The maximum absolute atomic E-state index is 11.9. The number of thioether (sulfide) groups is 1. The van der Waals surface area contributed by atoms with E-state index in [1.165, 1.54) is 0 Å². The van der Waals surface area contributed by atoms with Crippen molar-refractivity contribution in [1.29, 1.82) is 0 Å². The predicted octanol–water partition coefficient (Wildman–Crippen LogP) is 0.837. The third-order valence-corrected chi connectivity index (χ3v) is 4.03. The van der Waals surface area contributed by atoms with E-state index in [0.29, 0.717) is 24.1 Å². The lowest BCUT2D eigenvalue weighted by molar-refractivity contribution is -0.119. The summed E-state index contributed by atoms with van der Waals surface area (Å²) in [4.78, 5) is 24.8. The van der Waals surface area contributed by atoms with Crippen molar-refractivity contribution in [3.05, 3.63) is 0 Å². The molecule has 2 fully saturated rings. The zero-order valence-electron chi connectivity index (χ0n) is 10.4. The second-order valence-electron chi connectivity index (χ2n) is 5.41. The predicted molar refractivity (Wildman–Crippen MR) is 66.0 cm³/mol. The summed E-state index contributed by atoms with van der Waals surface area (Å²) in [6.45, 7) is 6.77. The third kappa shape index (κ3) is 3.06. The fourth-order valence-corrected chi connectivity index (χ4v) is 3.11. The van der Waals surface area contributed by atoms with Crippen molar-refractivity contribution in [2.24, 2.45) is 0 Å². The van der Waals surface area contributed by atoms with Crippen molar-refractivity contribution in [2.75, 3.05) is 18.8 Å². The van der Waals surface area contributed by atoms with Gasteiger partial charge in [-0.25, -0.2) is 4.79 Å². The van der Waals surface area contributed by atoms with Crippen LogP contribution >= 0.6 is 11.8 Å². The third-order valence-electron chi connectivity index (χ3n) is 2.69. The van der Waals surface area contributed by atoms with Crippen LogP contribution in [0.25, 0.3) is 0 Å². The van der Waals surface area contributed by atoms with Crippen molar-refractivity contribution in [3.63, 3.8) is 0 Å². The Morgan fingerprint density at radius 1 is 1.47 bits per heavy atom. The zero-order valence-corrected chi connectivity index (χ0v) is 11.2. The second kappa shape index (κ2) is 4.40. The molecule has 0 aromatic heterocycles. The molecule has 0 aliphatic carbocycles. The van der Waals surface area contributed by atoms with E-state index in [0.717, 1.165) is 0 Å². The van der Waals surface area contributed by atoms with E-state index >= 15 is 0 Å². The first-order valence-corrected chi connectivity index (χ1v) is 6.79. The number of hydrogen-bond acceptors (Lipinski definition) is 4. The average Bonchev–Trinajstić information content (AvgIpc) is 2.57. The minimum absolute atomic E-state index is 0.0577. The van der Waals surface area contributed by atoms with Gasteiger partial charge >= 0.3 is 6.09 Å². The Labute approximate surface area is 105 Å². The highest BCUT2D eigenvalue weighted by Gasteiger charge is 2.40. The second-order valence-corrected chi connectivity index (χ2v) is 6.64. The summed E-state index contributed by atoms with van der Waals surface area (Å²) in [5.41, 5.74) is -0.471. The molecule has 1 N–H and O–H groups in total. The number of rotatable bonds is 0. The Bertz CT molecular complexity index is 340. The van der Waals surface area contributed by atoms with Gasteiger partial charge in [-0.2, -0.15) is 0 Å². The average molecular weight is 258 g/mol. The molecule has 2 rings (SSSR count). The summed E-state index contributed by atoms with van der Waals surface area (Å²) in [5, 5.41) is 3.22. The molecule has 0 radical (unpaired) electrons. The molecule has 17 heavy (non-hydrogen) atoms. The number of hydrogen-bond donors (Lipinski definition) is 1. The standard InChI is InChI=1S/C11H18N2O3S/c1-11(2,3)16-10(15)13-4-7-8(5-13)17-6-9(14)12-7/h7-8H,4-6H2,1-3H3,(H,12,14)/t7-,8-/m1/s1. The highest BCUT2D eigenvalue weighted by molar-refractivity contribution is 8.00. The molecule has 0 aromatic carbocycles. The summed E-state index contributed by atoms with van der Waals surface area (Å²) in [6.07, 6.45) is -0.290. The lowest BCUT2D eigenvalue weighted by Crippen LogP contribution is -2.47. The molecule has 96 valence electrons. The van der Waals surface area contributed by atoms with E-state index in [1.54, 1.807) is 16.7 Å². The first kappa shape index (κ1) is 12.5. The van der Waals surface area contributed by atoms with Crippen molar-refractivity contribution in [1.82, 2.24) is 10.2 Å². The maximum atomic E-state index is 11.9. The van der Waals surface area contributed by atoms with Gasteiger partial charge in [0.1, 0.15) is 5.60 Å². The Kier molecular flexibility index (Phi) is 3.25. The molecule has 2 heterocycles. The van der Waals surface area contributed by atoms with Crippen LogP contribution in [0, 0.1) is 0 Å². The molecule has 0 spiro atoms. The van der Waals surface area contributed by atoms with E-state index in [-0.39, 0.29) is 18.0 Å². The van der Waals surface area contributed by atoms with Gasteiger partial charge in [0.2, 0.25) is 5.91 Å². The number of nitrogens with zero attached hydrogens (tertiary/aromatic N) is 1. The van der Waals surface area contributed by atoms with E-state index in [4.69, 9.17) is 4.74 Å². The topological polar surface area (TPSA) is 58.6 Å². The number of carbonyl (C=O) groups excluding carboxylic acids is 2. The minimum atomic E-state index is -0.471. The van der Waals surface area contributed by atoms with Gasteiger partial charge in [-0.1, -0.05) is 0 Å². The largest absolute Gasteiger partial charge is 0.444 e. The fraction of sp³-hybridized carbons (Fsp3) is 0.818. The normalized spacial score (nSPS) is 28.6. The summed E-state index contributed by atoms with van der Waals surface area (Å²) < 4.78 is 5.32. The van der Waals surface area contributed by atoms with E-state index in [1.807, 2.05) is 20.8 Å². The van der Waals surface area contributed by atoms with Gasteiger partial charge in [0.05, 0.1) is 11.8 Å². The van der Waals surface area contributed by atoms with Crippen LogP contribution in [0.3, 0.4) is 0 Å². The van der Waals surface area contributed by atoms with Crippen LogP contribution in [0.1, 0.15) is 20.8 Å². The molecule has 2 aliphatic heterocycles. The molecule has 6 heteroatoms. The van der Waals surface area contributed by atoms with Gasteiger partial charge in [0.25, 0.3) is 0 Å². The number of amides is 2. The van der Waals surface area contributed by atoms with Crippen LogP contribution in [0.4, 0.5) is 4.79 Å². The highest BCUT2D eigenvalue weighted by Crippen LogP contribution is 2.27. The smallest absolute Gasteiger partial charge is 0.410 e.